The number of para-hydroxylation sites is 1. The molecule has 25 heavy (non-hydrogen) atoms. The van der Waals surface area contributed by atoms with E-state index in [0.717, 1.165) is 30.4 Å². The van der Waals surface area contributed by atoms with E-state index in [1.54, 1.807) is 24.3 Å². The van der Waals surface area contributed by atoms with Crippen molar-refractivity contribution >= 4 is 5.91 Å². The minimum absolute atomic E-state index is 0.0590. The Bertz CT molecular complexity index is 670. The van der Waals surface area contributed by atoms with Gasteiger partial charge in [0.05, 0.1) is 0 Å². The normalized spacial score (nSPS) is 10.6. The zero-order valence-electron chi connectivity index (χ0n) is 14.7. The predicted octanol–water partition coefficient (Wildman–Crippen LogP) is 4.68. The highest BCUT2D eigenvalue weighted by Crippen LogP contribution is 2.18. The van der Waals surface area contributed by atoms with E-state index in [4.69, 9.17) is 0 Å². The van der Waals surface area contributed by atoms with Gasteiger partial charge in [0.1, 0.15) is 11.6 Å². The summed E-state index contributed by atoms with van der Waals surface area (Å²) in [6.07, 6.45) is 3.99. The maximum atomic E-state index is 13.1. The van der Waals surface area contributed by atoms with Gasteiger partial charge in [-0.1, -0.05) is 50.1 Å². The number of carbonyl (C=O) groups excluding carboxylic acids is 1. The number of aryl methyl sites for hydroxylation is 1. The van der Waals surface area contributed by atoms with Crippen LogP contribution in [0.4, 0.5) is 4.39 Å². The highest BCUT2D eigenvalue weighted by molar-refractivity contribution is 5.76. The zero-order valence-corrected chi connectivity index (χ0v) is 14.7. The van der Waals surface area contributed by atoms with E-state index in [-0.39, 0.29) is 17.5 Å². The first-order chi connectivity index (χ1) is 12.1. The Kier molecular flexibility index (Phi) is 7.45. The predicted molar refractivity (Wildman–Crippen MR) is 97.8 cm³/mol. The molecule has 0 saturated carbocycles. The molecule has 0 radical (unpaired) electrons. The van der Waals surface area contributed by atoms with Crippen LogP contribution < -0.4 is 0 Å². The molecule has 3 nitrogen and oxygen atoms in total. The topological polar surface area (TPSA) is 40.5 Å². The lowest BCUT2D eigenvalue weighted by Gasteiger charge is -2.23. The third-order valence-electron chi connectivity index (χ3n) is 4.27. The van der Waals surface area contributed by atoms with Crippen LogP contribution in [-0.4, -0.2) is 22.5 Å². The average molecular weight is 343 g/mol. The van der Waals surface area contributed by atoms with Crippen molar-refractivity contribution in [3.63, 3.8) is 0 Å². The molecule has 0 fully saturated rings. The van der Waals surface area contributed by atoms with Crippen molar-refractivity contribution < 1.29 is 14.3 Å². The molecule has 2 rings (SSSR count). The van der Waals surface area contributed by atoms with Crippen LogP contribution in [0.2, 0.25) is 0 Å². The van der Waals surface area contributed by atoms with E-state index in [1.807, 2.05) is 17.0 Å². The molecule has 1 amide bonds. The number of hydrogen-bond donors (Lipinski definition) is 1. The molecule has 0 aromatic heterocycles. The second-order valence-electron chi connectivity index (χ2n) is 6.28. The van der Waals surface area contributed by atoms with Gasteiger partial charge < -0.3 is 10.0 Å². The molecular weight excluding hydrogens is 317 g/mol. The number of phenols is 1. The summed E-state index contributed by atoms with van der Waals surface area (Å²) < 4.78 is 13.1. The molecule has 0 saturated heterocycles. The lowest BCUT2D eigenvalue weighted by atomic mass is 10.1. The Labute approximate surface area is 149 Å². The van der Waals surface area contributed by atoms with Gasteiger partial charge in [-0.3, -0.25) is 4.79 Å². The van der Waals surface area contributed by atoms with Crippen LogP contribution in [0, 0.1) is 5.82 Å². The Balaban J connectivity index is 1.98. The van der Waals surface area contributed by atoms with Gasteiger partial charge in [0.2, 0.25) is 5.91 Å². The summed E-state index contributed by atoms with van der Waals surface area (Å²) in [7, 11) is 0. The summed E-state index contributed by atoms with van der Waals surface area (Å²) in [6, 6.07) is 13.4. The lowest BCUT2D eigenvalue weighted by molar-refractivity contribution is -0.131. The van der Waals surface area contributed by atoms with Crippen molar-refractivity contribution in [2.75, 3.05) is 6.54 Å². The molecule has 4 heteroatoms. The summed E-state index contributed by atoms with van der Waals surface area (Å²) in [5, 5.41) is 9.84. The number of hydrogen-bond acceptors (Lipinski definition) is 2. The monoisotopic (exact) mass is 343 g/mol. The molecular formula is C21H26FNO2. The van der Waals surface area contributed by atoms with Crippen molar-refractivity contribution in [1.82, 2.24) is 4.90 Å². The minimum atomic E-state index is -0.271. The maximum Gasteiger partial charge on any atom is 0.223 e. The second-order valence-corrected chi connectivity index (χ2v) is 6.28. The number of amides is 1. The fourth-order valence-corrected chi connectivity index (χ4v) is 2.78. The summed E-state index contributed by atoms with van der Waals surface area (Å²) in [5.74, 6) is 0.0159. The summed E-state index contributed by atoms with van der Waals surface area (Å²) in [5.41, 5.74) is 1.71. The number of unbranched alkanes of at least 4 members (excludes halogenated alkanes) is 2. The van der Waals surface area contributed by atoms with Crippen LogP contribution in [-0.2, 0) is 17.8 Å². The number of carbonyl (C=O) groups is 1. The third-order valence-corrected chi connectivity index (χ3v) is 4.27. The SMILES string of the molecule is CCCCCN(Cc1ccc(F)cc1)C(=O)CCc1ccccc1O. The number of nitrogens with zero attached hydrogens (tertiary/aromatic N) is 1. The van der Waals surface area contributed by atoms with Gasteiger partial charge in [0.15, 0.2) is 0 Å². The first-order valence-corrected chi connectivity index (χ1v) is 8.89. The summed E-state index contributed by atoms with van der Waals surface area (Å²) in [6.45, 7) is 3.32. The minimum Gasteiger partial charge on any atom is -0.508 e. The largest absolute Gasteiger partial charge is 0.508 e. The summed E-state index contributed by atoms with van der Waals surface area (Å²) in [4.78, 5) is 14.5. The highest BCUT2D eigenvalue weighted by atomic mass is 19.1. The van der Waals surface area contributed by atoms with Crippen molar-refractivity contribution in [2.24, 2.45) is 0 Å². The van der Waals surface area contributed by atoms with Crippen LogP contribution in [0.3, 0.4) is 0 Å². The van der Waals surface area contributed by atoms with Crippen LogP contribution in [0.25, 0.3) is 0 Å². The van der Waals surface area contributed by atoms with Gasteiger partial charge >= 0.3 is 0 Å². The van der Waals surface area contributed by atoms with E-state index in [2.05, 4.69) is 6.92 Å². The smallest absolute Gasteiger partial charge is 0.223 e. The molecule has 0 aliphatic carbocycles. The maximum absolute atomic E-state index is 13.1. The van der Waals surface area contributed by atoms with E-state index in [0.29, 0.717) is 25.9 Å². The van der Waals surface area contributed by atoms with Crippen LogP contribution in [0.15, 0.2) is 48.5 Å². The Morgan fingerprint density at radius 3 is 2.48 bits per heavy atom. The number of aromatic hydroxyl groups is 1. The molecule has 2 aromatic carbocycles. The van der Waals surface area contributed by atoms with Gasteiger partial charge in [-0.15, -0.1) is 0 Å². The van der Waals surface area contributed by atoms with Gasteiger partial charge in [-0.25, -0.2) is 4.39 Å². The molecule has 0 aliphatic rings. The number of benzene rings is 2. The average Bonchev–Trinajstić information content (AvgIpc) is 2.62. The fraction of sp³-hybridized carbons (Fsp3) is 0.381. The quantitative estimate of drug-likeness (QED) is 0.672. The van der Waals surface area contributed by atoms with Crippen LogP contribution in [0.1, 0.15) is 43.7 Å². The Morgan fingerprint density at radius 2 is 1.80 bits per heavy atom. The third kappa shape index (κ3) is 6.22. The highest BCUT2D eigenvalue weighted by Gasteiger charge is 2.14. The van der Waals surface area contributed by atoms with Crippen molar-refractivity contribution in [3.8, 4) is 5.75 Å². The first-order valence-electron chi connectivity index (χ1n) is 8.89. The Hall–Kier alpha value is -2.36. The van der Waals surface area contributed by atoms with E-state index in [9.17, 15) is 14.3 Å². The molecule has 0 unspecified atom stereocenters. The summed E-state index contributed by atoms with van der Waals surface area (Å²) >= 11 is 0. The van der Waals surface area contributed by atoms with Gasteiger partial charge in [-0.2, -0.15) is 0 Å². The molecule has 134 valence electrons. The van der Waals surface area contributed by atoms with Gasteiger partial charge in [0.25, 0.3) is 0 Å². The van der Waals surface area contributed by atoms with Gasteiger partial charge in [-0.05, 0) is 42.2 Å². The van der Waals surface area contributed by atoms with Crippen LogP contribution in [0.5, 0.6) is 5.75 Å². The van der Waals surface area contributed by atoms with E-state index in [1.165, 1.54) is 12.1 Å². The second kappa shape index (κ2) is 9.82. The zero-order chi connectivity index (χ0) is 18.1. The standard InChI is InChI=1S/C21H26FNO2/c1-2-3-6-15-23(16-17-9-12-19(22)13-10-17)21(25)14-11-18-7-4-5-8-20(18)24/h4-5,7-10,12-13,24H,2-3,6,11,14-16H2,1H3. The van der Waals surface area contributed by atoms with E-state index < -0.39 is 0 Å². The first kappa shape index (κ1) is 19.0. The molecule has 0 bridgehead atoms. The molecule has 1 N–H and O–H groups in total. The molecule has 0 aliphatic heterocycles. The van der Waals surface area contributed by atoms with E-state index >= 15 is 0 Å². The fourth-order valence-electron chi connectivity index (χ4n) is 2.78. The Morgan fingerprint density at radius 1 is 1.08 bits per heavy atom. The van der Waals surface area contributed by atoms with Crippen molar-refractivity contribution in [3.05, 3.63) is 65.5 Å². The molecule has 0 heterocycles. The number of rotatable bonds is 9. The number of phenolic OH excluding ortho intramolecular Hbond substituents is 1. The van der Waals surface area contributed by atoms with Crippen molar-refractivity contribution in [2.45, 2.75) is 45.6 Å². The van der Waals surface area contributed by atoms with Crippen LogP contribution >= 0.6 is 0 Å². The molecule has 2 aromatic rings. The molecule has 0 atom stereocenters. The van der Waals surface area contributed by atoms with Crippen molar-refractivity contribution in [1.29, 1.82) is 0 Å². The lowest BCUT2D eigenvalue weighted by Crippen LogP contribution is -2.31. The van der Waals surface area contributed by atoms with Gasteiger partial charge in [0, 0.05) is 19.5 Å². The molecule has 0 spiro atoms. The number of halogens is 1.